The molecule has 102 valence electrons. The molecule has 0 aromatic heterocycles. The summed E-state index contributed by atoms with van der Waals surface area (Å²) in [7, 11) is 0. The topological polar surface area (TPSA) is 52.6 Å². The highest BCUT2D eigenvalue weighted by atomic mass is 16.6. The van der Waals surface area contributed by atoms with Crippen LogP contribution in [0.25, 0.3) is 0 Å². The molecule has 0 radical (unpaired) electrons. The van der Waals surface area contributed by atoms with E-state index in [1.165, 1.54) is 5.57 Å². The number of rotatable bonds is 5. The van der Waals surface area contributed by atoms with Gasteiger partial charge in [0.05, 0.1) is 13.2 Å². The lowest BCUT2D eigenvalue weighted by atomic mass is 9.80. The first-order valence-electron chi connectivity index (χ1n) is 6.59. The summed E-state index contributed by atoms with van der Waals surface area (Å²) in [6, 6.07) is 0. The monoisotopic (exact) mass is 254 g/mol. The maximum Gasteiger partial charge on any atom is 0.320 e. The maximum absolute atomic E-state index is 11.9. The molecule has 4 heteroatoms. The summed E-state index contributed by atoms with van der Waals surface area (Å²) < 4.78 is 10.0. The van der Waals surface area contributed by atoms with Crippen molar-refractivity contribution in [2.45, 2.75) is 40.0 Å². The molecule has 0 N–H and O–H groups in total. The van der Waals surface area contributed by atoms with Crippen molar-refractivity contribution in [1.82, 2.24) is 0 Å². The van der Waals surface area contributed by atoms with Crippen LogP contribution in [0.2, 0.25) is 0 Å². The van der Waals surface area contributed by atoms with Crippen LogP contribution in [-0.2, 0) is 19.1 Å². The molecule has 0 amide bonds. The minimum absolute atomic E-state index is 0.00750. The van der Waals surface area contributed by atoms with Crippen LogP contribution in [0.15, 0.2) is 11.6 Å². The Morgan fingerprint density at radius 3 is 2.28 bits per heavy atom. The average Bonchev–Trinajstić information content (AvgIpc) is 2.30. The number of carbonyl (C=O) groups is 2. The normalized spacial score (nSPS) is 19.3. The summed E-state index contributed by atoms with van der Waals surface area (Å²) in [5.41, 5.74) is 1.23. The number of allylic oxidation sites excluding steroid dienone is 2. The van der Waals surface area contributed by atoms with Crippen molar-refractivity contribution in [1.29, 1.82) is 0 Å². The van der Waals surface area contributed by atoms with Gasteiger partial charge in [-0.2, -0.15) is 0 Å². The van der Waals surface area contributed by atoms with Crippen LogP contribution in [0, 0.1) is 11.8 Å². The molecule has 18 heavy (non-hydrogen) atoms. The molecular formula is C14H22O4. The summed E-state index contributed by atoms with van der Waals surface area (Å²) in [5.74, 6) is -1.66. The third kappa shape index (κ3) is 3.86. The highest BCUT2D eigenvalue weighted by molar-refractivity contribution is 5.95. The minimum atomic E-state index is -0.770. The van der Waals surface area contributed by atoms with Crippen molar-refractivity contribution < 1.29 is 19.1 Å². The number of hydrogen-bond acceptors (Lipinski definition) is 4. The molecule has 1 aliphatic rings. The van der Waals surface area contributed by atoms with Gasteiger partial charge in [-0.15, -0.1) is 0 Å². The van der Waals surface area contributed by atoms with Crippen molar-refractivity contribution >= 4 is 11.9 Å². The van der Waals surface area contributed by atoms with Gasteiger partial charge in [0, 0.05) is 0 Å². The molecule has 0 spiro atoms. The fourth-order valence-electron chi connectivity index (χ4n) is 2.37. The molecule has 1 aliphatic carbocycles. The van der Waals surface area contributed by atoms with Crippen LogP contribution in [0.5, 0.6) is 0 Å². The van der Waals surface area contributed by atoms with Crippen molar-refractivity contribution in [2.75, 3.05) is 13.2 Å². The van der Waals surface area contributed by atoms with Gasteiger partial charge in [-0.1, -0.05) is 11.6 Å². The number of hydrogen-bond donors (Lipinski definition) is 0. The first-order valence-corrected chi connectivity index (χ1v) is 6.59. The van der Waals surface area contributed by atoms with Crippen LogP contribution in [0.1, 0.15) is 40.0 Å². The van der Waals surface area contributed by atoms with Crippen LogP contribution in [0.4, 0.5) is 0 Å². The van der Waals surface area contributed by atoms with Crippen LogP contribution < -0.4 is 0 Å². The van der Waals surface area contributed by atoms with Gasteiger partial charge >= 0.3 is 11.9 Å². The summed E-state index contributed by atoms with van der Waals surface area (Å²) in [6.07, 6.45) is 4.66. The van der Waals surface area contributed by atoms with E-state index in [4.69, 9.17) is 9.47 Å². The second-order valence-electron chi connectivity index (χ2n) is 4.57. The maximum atomic E-state index is 11.9. The number of ether oxygens (including phenoxy) is 2. The van der Waals surface area contributed by atoms with Crippen LogP contribution >= 0.6 is 0 Å². The van der Waals surface area contributed by atoms with E-state index in [0.717, 1.165) is 19.3 Å². The van der Waals surface area contributed by atoms with Crippen molar-refractivity contribution in [3.05, 3.63) is 11.6 Å². The van der Waals surface area contributed by atoms with E-state index < -0.39 is 17.9 Å². The van der Waals surface area contributed by atoms with Crippen molar-refractivity contribution in [3.63, 3.8) is 0 Å². The van der Waals surface area contributed by atoms with Gasteiger partial charge in [0.25, 0.3) is 0 Å². The van der Waals surface area contributed by atoms with Gasteiger partial charge in [-0.05, 0) is 46.0 Å². The molecule has 0 aliphatic heterocycles. The van der Waals surface area contributed by atoms with E-state index in [1.807, 2.05) is 6.92 Å². The molecule has 4 nitrogen and oxygen atoms in total. The van der Waals surface area contributed by atoms with E-state index in [9.17, 15) is 9.59 Å². The van der Waals surface area contributed by atoms with Gasteiger partial charge in [0.2, 0.25) is 0 Å². The molecular weight excluding hydrogens is 232 g/mol. The molecule has 0 aromatic rings. The predicted octanol–water partition coefficient (Wildman–Crippen LogP) is 2.48. The Labute approximate surface area is 108 Å². The Morgan fingerprint density at radius 2 is 1.83 bits per heavy atom. The fraction of sp³-hybridized carbons (Fsp3) is 0.714. The highest BCUT2D eigenvalue weighted by Crippen LogP contribution is 2.31. The summed E-state index contributed by atoms with van der Waals surface area (Å²) in [4.78, 5) is 23.8. The third-order valence-corrected chi connectivity index (χ3v) is 3.17. The second-order valence-corrected chi connectivity index (χ2v) is 4.57. The second kappa shape index (κ2) is 7.19. The van der Waals surface area contributed by atoms with E-state index >= 15 is 0 Å². The van der Waals surface area contributed by atoms with Crippen molar-refractivity contribution in [2.24, 2.45) is 11.8 Å². The Morgan fingerprint density at radius 1 is 1.28 bits per heavy atom. The van der Waals surface area contributed by atoms with E-state index in [0.29, 0.717) is 0 Å². The van der Waals surface area contributed by atoms with Gasteiger partial charge < -0.3 is 9.47 Å². The van der Waals surface area contributed by atoms with E-state index in [1.54, 1.807) is 13.8 Å². The predicted molar refractivity (Wildman–Crippen MR) is 67.9 cm³/mol. The lowest BCUT2D eigenvalue weighted by molar-refractivity contribution is -0.164. The SMILES string of the molecule is CCOC(=O)C(C(=O)OCC)C1CCC=C(C)C1. The Balaban J connectivity index is 2.79. The molecule has 1 atom stereocenters. The largest absolute Gasteiger partial charge is 0.465 e. The molecule has 0 aromatic carbocycles. The molecule has 0 bridgehead atoms. The van der Waals surface area contributed by atoms with Crippen molar-refractivity contribution in [3.8, 4) is 0 Å². The number of esters is 2. The zero-order valence-corrected chi connectivity index (χ0v) is 11.4. The van der Waals surface area contributed by atoms with Gasteiger partial charge in [0.15, 0.2) is 5.92 Å². The summed E-state index contributed by atoms with van der Waals surface area (Å²) in [5, 5.41) is 0. The zero-order valence-electron chi connectivity index (χ0n) is 11.4. The van der Waals surface area contributed by atoms with E-state index in [-0.39, 0.29) is 19.1 Å². The minimum Gasteiger partial charge on any atom is -0.465 e. The molecule has 0 fully saturated rings. The lowest BCUT2D eigenvalue weighted by Crippen LogP contribution is -2.35. The van der Waals surface area contributed by atoms with Gasteiger partial charge in [-0.3, -0.25) is 9.59 Å². The number of carbonyl (C=O) groups excluding carboxylic acids is 2. The Kier molecular flexibility index (Phi) is 5.89. The lowest BCUT2D eigenvalue weighted by Gasteiger charge is -2.26. The standard InChI is InChI=1S/C14H22O4/c1-4-17-13(15)12(14(16)18-5-2)11-8-6-7-10(3)9-11/h7,11-12H,4-6,8-9H2,1-3H3. The molecule has 0 saturated carbocycles. The molecule has 1 unspecified atom stereocenters. The molecule has 1 rings (SSSR count). The Hall–Kier alpha value is -1.32. The molecule has 0 saturated heterocycles. The summed E-state index contributed by atoms with van der Waals surface area (Å²) in [6.45, 7) is 6.09. The van der Waals surface area contributed by atoms with Crippen LogP contribution in [0.3, 0.4) is 0 Å². The zero-order chi connectivity index (χ0) is 13.5. The quantitative estimate of drug-likeness (QED) is 0.429. The highest BCUT2D eigenvalue weighted by Gasteiger charge is 2.37. The first-order chi connectivity index (χ1) is 8.60. The average molecular weight is 254 g/mol. The first kappa shape index (κ1) is 14.7. The molecule has 0 heterocycles. The fourth-order valence-corrected chi connectivity index (χ4v) is 2.37. The van der Waals surface area contributed by atoms with E-state index in [2.05, 4.69) is 6.08 Å². The van der Waals surface area contributed by atoms with Gasteiger partial charge in [0.1, 0.15) is 0 Å². The third-order valence-electron chi connectivity index (χ3n) is 3.17. The summed E-state index contributed by atoms with van der Waals surface area (Å²) >= 11 is 0. The van der Waals surface area contributed by atoms with Crippen LogP contribution in [-0.4, -0.2) is 25.2 Å². The Bertz CT molecular complexity index is 315. The van der Waals surface area contributed by atoms with Gasteiger partial charge in [-0.25, -0.2) is 0 Å². The smallest absolute Gasteiger partial charge is 0.320 e.